The second kappa shape index (κ2) is 6.59. The van der Waals surface area contributed by atoms with E-state index >= 15 is 0 Å². The van der Waals surface area contributed by atoms with Crippen molar-refractivity contribution in [3.63, 3.8) is 0 Å². The van der Waals surface area contributed by atoms with Gasteiger partial charge >= 0.3 is 4.87 Å². The smallest absolute Gasteiger partial charge is 0.307 e. The highest BCUT2D eigenvalue weighted by Gasteiger charge is 2.05. The Bertz CT molecular complexity index is 420. The maximum Gasteiger partial charge on any atom is 0.307 e. The molecule has 0 saturated carbocycles. The molecule has 1 amide bonds. The summed E-state index contributed by atoms with van der Waals surface area (Å²) in [4.78, 5) is 22.9. The van der Waals surface area contributed by atoms with Crippen LogP contribution in [0.3, 0.4) is 0 Å². The Morgan fingerprint density at radius 2 is 2.24 bits per heavy atom. The lowest BCUT2D eigenvalue weighted by Crippen LogP contribution is -2.27. The minimum atomic E-state index is 0.0603. The zero-order valence-corrected chi connectivity index (χ0v) is 11.5. The minimum Gasteiger partial charge on any atom is -0.356 e. The third-order valence-corrected chi connectivity index (χ3v) is 3.35. The second-order valence-electron chi connectivity index (χ2n) is 4.60. The first kappa shape index (κ1) is 14.0. The van der Waals surface area contributed by atoms with Gasteiger partial charge in [0.15, 0.2) is 0 Å². The molecule has 0 bridgehead atoms. The highest BCUT2D eigenvalue weighted by Crippen LogP contribution is 2.02. The van der Waals surface area contributed by atoms with Crippen LogP contribution < -0.4 is 10.2 Å². The van der Waals surface area contributed by atoms with Crippen molar-refractivity contribution in [1.29, 1.82) is 0 Å². The topological polar surface area (TPSA) is 51.1 Å². The van der Waals surface area contributed by atoms with Crippen LogP contribution in [0.25, 0.3) is 0 Å². The van der Waals surface area contributed by atoms with Crippen molar-refractivity contribution in [1.82, 2.24) is 9.88 Å². The summed E-state index contributed by atoms with van der Waals surface area (Å²) in [6.07, 6.45) is 1.19. The third kappa shape index (κ3) is 4.73. The maximum absolute atomic E-state index is 11.4. The number of nitrogens with zero attached hydrogens (tertiary/aromatic N) is 1. The van der Waals surface area contributed by atoms with E-state index in [1.807, 2.05) is 12.3 Å². The monoisotopic (exact) mass is 256 g/mol. The summed E-state index contributed by atoms with van der Waals surface area (Å²) in [5.41, 5.74) is 0.975. The molecule has 0 unspecified atom stereocenters. The third-order valence-electron chi connectivity index (χ3n) is 2.47. The van der Waals surface area contributed by atoms with Gasteiger partial charge in [-0.1, -0.05) is 25.2 Å². The van der Waals surface area contributed by atoms with E-state index in [2.05, 4.69) is 19.2 Å². The van der Waals surface area contributed by atoms with Crippen LogP contribution in [0.1, 0.15) is 32.4 Å². The molecule has 0 radical (unpaired) electrons. The molecule has 0 spiro atoms. The first-order valence-corrected chi connectivity index (χ1v) is 6.80. The molecule has 1 N–H and O–H groups in total. The highest BCUT2D eigenvalue weighted by atomic mass is 32.1. The second-order valence-corrected chi connectivity index (χ2v) is 5.42. The number of carbonyl (C=O) groups is 1. The molecule has 0 fully saturated rings. The summed E-state index contributed by atoms with van der Waals surface area (Å²) < 4.78 is 1.72. The fourth-order valence-corrected chi connectivity index (χ4v) is 2.24. The molecular formula is C12H20N2O2S. The number of nitrogens with one attached hydrogen (secondary N) is 1. The van der Waals surface area contributed by atoms with Crippen molar-refractivity contribution < 1.29 is 4.79 Å². The van der Waals surface area contributed by atoms with E-state index in [4.69, 9.17) is 0 Å². The van der Waals surface area contributed by atoms with Crippen LogP contribution in [0.4, 0.5) is 0 Å². The van der Waals surface area contributed by atoms with Crippen LogP contribution in [-0.4, -0.2) is 17.0 Å². The molecule has 1 aromatic rings. The number of amides is 1. The van der Waals surface area contributed by atoms with E-state index in [0.29, 0.717) is 25.3 Å². The summed E-state index contributed by atoms with van der Waals surface area (Å²) in [5.74, 6) is 0.542. The largest absolute Gasteiger partial charge is 0.356 e. The van der Waals surface area contributed by atoms with Gasteiger partial charge in [-0.25, -0.2) is 0 Å². The Labute approximate surface area is 106 Å². The molecule has 4 nitrogen and oxygen atoms in total. The number of hydrogen-bond donors (Lipinski definition) is 1. The fourth-order valence-electron chi connectivity index (χ4n) is 1.48. The molecule has 17 heavy (non-hydrogen) atoms. The van der Waals surface area contributed by atoms with Crippen molar-refractivity contribution in [3.8, 4) is 0 Å². The van der Waals surface area contributed by atoms with Gasteiger partial charge in [0.05, 0.1) is 0 Å². The summed E-state index contributed by atoms with van der Waals surface area (Å²) in [6.45, 7) is 7.39. The van der Waals surface area contributed by atoms with Gasteiger partial charge in [-0.15, -0.1) is 0 Å². The van der Waals surface area contributed by atoms with Gasteiger partial charge in [-0.3, -0.25) is 9.59 Å². The molecule has 0 saturated heterocycles. The zero-order chi connectivity index (χ0) is 12.8. The van der Waals surface area contributed by atoms with Gasteiger partial charge in [0, 0.05) is 30.6 Å². The van der Waals surface area contributed by atoms with Gasteiger partial charge in [-0.2, -0.15) is 0 Å². The minimum absolute atomic E-state index is 0.0603. The Morgan fingerprint density at radius 3 is 2.76 bits per heavy atom. The number of hydrogen-bond acceptors (Lipinski definition) is 3. The maximum atomic E-state index is 11.4. The quantitative estimate of drug-likeness (QED) is 0.843. The van der Waals surface area contributed by atoms with Crippen LogP contribution in [0.15, 0.2) is 10.2 Å². The van der Waals surface area contributed by atoms with Crippen molar-refractivity contribution in [2.24, 2.45) is 5.92 Å². The van der Waals surface area contributed by atoms with Crippen LogP contribution >= 0.6 is 11.3 Å². The van der Waals surface area contributed by atoms with Gasteiger partial charge in [0.25, 0.3) is 0 Å². The Hall–Kier alpha value is -1.10. The van der Waals surface area contributed by atoms with E-state index in [1.165, 1.54) is 11.3 Å². The summed E-state index contributed by atoms with van der Waals surface area (Å²) >= 11 is 1.21. The van der Waals surface area contributed by atoms with Gasteiger partial charge in [0.2, 0.25) is 5.91 Å². The summed E-state index contributed by atoms with van der Waals surface area (Å²) in [5, 5.41) is 4.72. The average molecular weight is 256 g/mol. The molecular weight excluding hydrogens is 236 g/mol. The zero-order valence-electron chi connectivity index (χ0n) is 10.7. The lowest BCUT2D eigenvalue weighted by atomic mass is 10.2. The Balaban J connectivity index is 2.29. The molecule has 1 rings (SSSR count). The summed E-state index contributed by atoms with van der Waals surface area (Å²) in [6, 6.07) is 0. The first-order valence-electron chi connectivity index (χ1n) is 5.92. The Kier molecular flexibility index (Phi) is 5.41. The first-order chi connectivity index (χ1) is 8.00. The predicted molar refractivity (Wildman–Crippen MR) is 70.4 cm³/mol. The fraction of sp³-hybridized carbons (Fsp3) is 0.667. The number of rotatable bonds is 6. The number of aromatic nitrogens is 1. The van der Waals surface area contributed by atoms with Gasteiger partial charge in [0.1, 0.15) is 0 Å². The normalized spacial score (nSPS) is 10.8. The van der Waals surface area contributed by atoms with Crippen LogP contribution in [0.2, 0.25) is 0 Å². The lowest BCUT2D eigenvalue weighted by molar-refractivity contribution is -0.121. The Morgan fingerprint density at radius 1 is 1.53 bits per heavy atom. The van der Waals surface area contributed by atoms with Crippen LogP contribution in [-0.2, 0) is 11.3 Å². The highest BCUT2D eigenvalue weighted by molar-refractivity contribution is 7.07. The molecule has 0 atom stereocenters. The van der Waals surface area contributed by atoms with Gasteiger partial charge in [-0.05, 0) is 19.3 Å². The summed E-state index contributed by atoms with van der Waals surface area (Å²) in [7, 11) is 0. The van der Waals surface area contributed by atoms with E-state index in [0.717, 1.165) is 12.2 Å². The molecule has 0 aromatic carbocycles. The predicted octanol–water partition coefficient (Wildman–Crippen LogP) is 1.77. The van der Waals surface area contributed by atoms with Crippen molar-refractivity contribution in [2.45, 2.75) is 40.2 Å². The van der Waals surface area contributed by atoms with Gasteiger partial charge < -0.3 is 9.88 Å². The number of aryl methyl sites for hydroxylation is 1. The molecule has 0 aliphatic rings. The van der Waals surface area contributed by atoms with E-state index in [1.54, 1.807) is 4.57 Å². The molecule has 1 aromatic heterocycles. The molecule has 0 aliphatic heterocycles. The molecule has 1 heterocycles. The van der Waals surface area contributed by atoms with E-state index in [9.17, 15) is 9.59 Å². The van der Waals surface area contributed by atoms with E-state index in [-0.39, 0.29) is 10.8 Å². The number of carbonyl (C=O) groups excluding carboxylic acids is 1. The van der Waals surface area contributed by atoms with E-state index < -0.39 is 0 Å². The van der Waals surface area contributed by atoms with Crippen LogP contribution in [0, 0.1) is 12.8 Å². The van der Waals surface area contributed by atoms with Crippen molar-refractivity contribution in [2.75, 3.05) is 6.54 Å². The standard InChI is InChI=1S/C12H20N2O2S/c1-9(2)7-13-11(15)5-4-6-14-10(3)8-17-12(14)16/h8-9H,4-7H2,1-3H3,(H,13,15). The number of thiazole rings is 1. The van der Waals surface area contributed by atoms with Crippen LogP contribution in [0.5, 0.6) is 0 Å². The SMILES string of the molecule is Cc1csc(=O)n1CCCC(=O)NCC(C)C. The lowest BCUT2D eigenvalue weighted by Gasteiger charge is -2.08. The van der Waals surface area contributed by atoms with Crippen molar-refractivity contribution in [3.05, 3.63) is 20.7 Å². The molecule has 5 heteroatoms. The van der Waals surface area contributed by atoms with Crippen molar-refractivity contribution >= 4 is 17.2 Å². The molecule has 96 valence electrons. The average Bonchev–Trinajstić information content (AvgIpc) is 2.57. The molecule has 0 aliphatic carbocycles.